The standard InChI is InChI=1S/C25H19NO2S/c1-29-19-13-7-6-12-18(19)26-24(27)22-20-14-8-2-3-9-15(14)21(23(22)25(26)28)17-11-5-4-10-16(17)20/h2-13,20-23H,1H3. The van der Waals surface area contributed by atoms with Crippen LogP contribution in [0.25, 0.3) is 0 Å². The lowest BCUT2D eigenvalue weighted by Crippen LogP contribution is -2.41. The van der Waals surface area contributed by atoms with Crippen LogP contribution in [0, 0.1) is 11.8 Å². The van der Waals surface area contributed by atoms with Crippen LogP contribution in [0.15, 0.2) is 77.7 Å². The van der Waals surface area contributed by atoms with Gasteiger partial charge in [0, 0.05) is 16.7 Å². The summed E-state index contributed by atoms with van der Waals surface area (Å²) in [6.07, 6.45) is 1.98. The molecule has 7 rings (SSSR count). The molecule has 1 heterocycles. The van der Waals surface area contributed by atoms with Gasteiger partial charge in [0.2, 0.25) is 11.8 Å². The van der Waals surface area contributed by atoms with Gasteiger partial charge in [-0.2, -0.15) is 0 Å². The molecule has 0 N–H and O–H groups in total. The molecule has 3 aromatic rings. The van der Waals surface area contributed by atoms with Crippen molar-refractivity contribution in [2.75, 3.05) is 11.2 Å². The minimum Gasteiger partial charge on any atom is -0.274 e. The van der Waals surface area contributed by atoms with Gasteiger partial charge in [0.25, 0.3) is 0 Å². The van der Waals surface area contributed by atoms with Crippen LogP contribution >= 0.6 is 11.8 Å². The Balaban J connectivity index is 1.58. The number of carbonyl (C=O) groups excluding carboxylic acids is 2. The van der Waals surface area contributed by atoms with E-state index < -0.39 is 0 Å². The minimum absolute atomic E-state index is 0.0551. The Kier molecular flexibility index (Phi) is 3.57. The highest BCUT2D eigenvalue weighted by Gasteiger charge is 2.61. The molecule has 142 valence electrons. The van der Waals surface area contributed by atoms with E-state index in [0.29, 0.717) is 0 Å². The van der Waals surface area contributed by atoms with E-state index in [2.05, 4.69) is 24.3 Å². The van der Waals surface area contributed by atoms with Crippen molar-refractivity contribution in [3.63, 3.8) is 0 Å². The number of hydrogen-bond acceptors (Lipinski definition) is 3. The van der Waals surface area contributed by atoms with Crippen molar-refractivity contribution in [3.8, 4) is 0 Å². The van der Waals surface area contributed by atoms with Gasteiger partial charge in [-0.3, -0.25) is 9.59 Å². The Morgan fingerprint density at radius 3 is 1.52 bits per heavy atom. The fourth-order valence-electron chi connectivity index (χ4n) is 5.73. The Bertz CT molecular complexity index is 1070. The highest BCUT2D eigenvalue weighted by atomic mass is 32.2. The summed E-state index contributed by atoms with van der Waals surface area (Å²) in [4.78, 5) is 29.9. The predicted octanol–water partition coefficient (Wildman–Crippen LogP) is 4.81. The van der Waals surface area contributed by atoms with Gasteiger partial charge in [0.1, 0.15) is 0 Å². The van der Waals surface area contributed by atoms with Crippen LogP contribution in [-0.4, -0.2) is 18.1 Å². The van der Waals surface area contributed by atoms with Gasteiger partial charge in [-0.05, 0) is 40.6 Å². The number of nitrogens with zero attached hydrogens (tertiary/aromatic N) is 1. The van der Waals surface area contributed by atoms with Crippen LogP contribution < -0.4 is 4.90 Å². The monoisotopic (exact) mass is 397 g/mol. The van der Waals surface area contributed by atoms with Gasteiger partial charge in [0.15, 0.2) is 0 Å². The van der Waals surface area contributed by atoms with Crippen LogP contribution in [0.1, 0.15) is 34.1 Å². The van der Waals surface area contributed by atoms with Crippen LogP contribution in [0.4, 0.5) is 5.69 Å². The second-order valence-corrected chi connectivity index (χ2v) is 8.80. The lowest BCUT2D eigenvalue weighted by molar-refractivity contribution is -0.122. The van der Waals surface area contributed by atoms with Crippen molar-refractivity contribution in [1.82, 2.24) is 0 Å². The molecule has 1 fully saturated rings. The Morgan fingerprint density at radius 1 is 0.655 bits per heavy atom. The van der Waals surface area contributed by atoms with E-state index in [1.807, 2.05) is 54.8 Å². The summed E-state index contributed by atoms with van der Waals surface area (Å²) >= 11 is 1.57. The van der Waals surface area contributed by atoms with Crippen molar-refractivity contribution in [2.24, 2.45) is 11.8 Å². The highest BCUT2D eigenvalue weighted by Crippen LogP contribution is 2.61. The summed E-state index contributed by atoms with van der Waals surface area (Å²) in [6, 6.07) is 24.4. The SMILES string of the molecule is CSc1ccccc1N1C(=O)C2C3c4ccccc4C(c4ccccc43)C2C1=O. The molecule has 0 spiro atoms. The third-order valence-electron chi connectivity index (χ3n) is 6.77. The summed E-state index contributed by atoms with van der Waals surface area (Å²) in [5.41, 5.74) is 5.55. The number of carbonyl (C=O) groups is 2. The maximum absolute atomic E-state index is 13.7. The molecule has 29 heavy (non-hydrogen) atoms. The number of imide groups is 1. The third-order valence-corrected chi connectivity index (χ3v) is 7.56. The maximum atomic E-state index is 13.7. The molecule has 1 saturated heterocycles. The fraction of sp³-hybridized carbons (Fsp3) is 0.200. The minimum atomic E-state index is -0.327. The topological polar surface area (TPSA) is 37.4 Å². The molecule has 3 aromatic carbocycles. The zero-order valence-corrected chi connectivity index (χ0v) is 16.7. The number of amides is 2. The van der Waals surface area contributed by atoms with Crippen molar-refractivity contribution in [1.29, 1.82) is 0 Å². The first-order valence-corrected chi connectivity index (χ1v) is 11.1. The van der Waals surface area contributed by atoms with E-state index >= 15 is 0 Å². The smallest absolute Gasteiger partial charge is 0.238 e. The van der Waals surface area contributed by atoms with E-state index in [-0.39, 0.29) is 35.5 Å². The van der Waals surface area contributed by atoms with Crippen LogP contribution in [0.2, 0.25) is 0 Å². The second-order valence-electron chi connectivity index (χ2n) is 7.95. The van der Waals surface area contributed by atoms with Gasteiger partial charge < -0.3 is 0 Å². The maximum Gasteiger partial charge on any atom is 0.238 e. The zero-order chi connectivity index (χ0) is 19.7. The highest BCUT2D eigenvalue weighted by molar-refractivity contribution is 7.98. The Morgan fingerprint density at radius 2 is 1.07 bits per heavy atom. The van der Waals surface area contributed by atoms with E-state index in [4.69, 9.17) is 0 Å². The van der Waals surface area contributed by atoms with Gasteiger partial charge in [-0.15, -0.1) is 11.8 Å². The summed E-state index contributed by atoms with van der Waals surface area (Å²) in [6.45, 7) is 0. The van der Waals surface area contributed by atoms with Gasteiger partial charge in [-0.25, -0.2) is 4.90 Å². The summed E-state index contributed by atoms with van der Waals surface area (Å²) < 4.78 is 0. The molecule has 2 atom stereocenters. The lowest BCUT2D eigenvalue weighted by Gasteiger charge is -2.45. The molecule has 2 amide bonds. The predicted molar refractivity (Wildman–Crippen MR) is 114 cm³/mol. The number of anilines is 1. The Labute approximate surface area is 173 Å². The molecule has 2 bridgehead atoms. The molecule has 3 aliphatic carbocycles. The number of thioether (sulfide) groups is 1. The molecule has 0 saturated carbocycles. The number of hydrogen-bond donors (Lipinski definition) is 0. The normalized spacial score (nSPS) is 26.3. The molecule has 0 radical (unpaired) electrons. The molecular formula is C25H19NO2S. The van der Waals surface area contributed by atoms with Crippen LogP contribution in [-0.2, 0) is 9.59 Å². The fourth-order valence-corrected chi connectivity index (χ4v) is 6.31. The van der Waals surface area contributed by atoms with Crippen molar-refractivity contribution in [3.05, 3.63) is 95.1 Å². The van der Waals surface area contributed by atoms with Crippen LogP contribution in [0.3, 0.4) is 0 Å². The third kappa shape index (κ3) is 2.10. The van der Waals surface area contributed by atoms with E-state index in [1.165, 1.54) is 27.2 Å². The van der Waals surface area contributed by atoms with Crippen molar-refractivity contribution < 1.29 is 9.59 Å². The number of para-hydroxylation sites is 1. The molecule has 0 aromatic heterocycles. The zero-order valence-electron chi connectivity index (χ0n) is 15.9. The van der Waals surface area contributed by atoms with Gasteiger partial charge >= 0.3 is 0 Å². The number of benzene rings is 3. The summed E-state index contributed by atoms with van der Waals surface area (Å²) in [5, 5.41) is 0. The molecular weight excluding hydrogens is 378 g/mol. The van der Waals surface area contributed by atoms with E-state index in [9.17, 15) is 9.59 Å². The van der Waals surface area contributed by atoms with Crippen LogP contribution in [0.5, 0.6) is 0 Å². The van der Waals surface area contributed by atoms with Gasteiger partial charge in [-0.1, -0.05) is 60.7 Å². The van der Waals surface area contributed by atoms with E-state index in [1.54, 1.807) is 11.8 Å². The van der Waals surface area contributed by atoms with Crippen molar-refractivity contribution >= 4 is 29.3 Å². The average Bonchev–Trinajstić information content (AvgIpc) is 3.04. The first-order valence-electron chi connectivity index (χ1n) is 9.91. The molecule has 3 nitrogen and oxygen atoms in total. The van der Waals surface area contributed by atoms with E-state index in [0.717, 1.165) is 10.6 Å². The first-order chi connectivity index (χ1) is 14.2. The van der Waals surface area contributed by atoms with Gasteiger partial charge in [0.05, 0.1) is 17.5 Å². The lowest BCUT2D eigenvalue weighted by atomic mass is 9.55. The Hall–Kier alpha value is -2.85. The number of rotatable bonds is 2. The first kappa shape index (κ1) is 17.0. The largest absolute Gasteiger partial charge is 0.274 e. The van der Waals surface area contributed by atoms with Crippen molar-refractivity contribution in [2.45, 2.75) is 16.7 Å². The summed E-state index contributed by atoms with van der Waals surface area (Å²) in [5.74, 6) is -0.874. The molecule has 2 unspecified atom stereocenters. The molecule has 4 heteroatoms. The second kappa shape index (κ2) is 6.07. The summed E-state index contributed by atoms with van der Waals surface area (Å²) in [7, 11) is 0. The molecule has 4 aliphatic rings. The molecule has 1 aliphatic heterocycles. The quantitative estimate of drug-likeness (QED) is 0.460. The average molecular weight is 397 g/mol.